The normalized spacial score (nSPS) is 14.1. The zero-order valence-electron chi connectivity index (χ0n) is 39.0. The molecule has 14 aromatic rings. The molecule has 0 saturated heterocycles. The first kappa shape index (κ1) is 40.8. The standard InChI is InChI=1S/C67H42N2O2S/c1-3-14-41(15-4-1)58-38-42(45-28-33-51-50-19-7-9-25-61(50)71-64(51)40-45)16-11-24-57(68-58)54-23-13-26-63-66(54)56-37-44(31-35-62(56)70-63)43-30-34-59-55(36-43)49-32-29-46(39-60(49)69(59)47-17-5-2-6-18-47)48-21-12-22-53-52-20-8-10-27-65(52)72-67(48)53/h1-10,12-15,17-40H,11,16H2/b42-38+,57-24?,68-58?. The maximum Gasteiger partial charge on any atom is 0.136 e. The van der Waals surface area contributed by atoms with Crippen LogP contribution < -0.4 is 0 Å². The molecule has 338 valence electrons. The van der Waals surface area contributed by atoms with Crippen molar-refractivity contribution in [3.63, 3.8) is 0 Å². The van der Waals surface area contributed by atoms with Crippen molar-refractivity contribution >= 4 is 114 Å². The molecule has 0 saturated carbocycles. The minimum absolute atomic E-state index is 0.821. The van der Waals surface area contributed by atoms with Gasteiger partial charge in [0.15, 0.2) is 0 Å². The summed E-state index contributed by atoms with van der Waals surface area (Å²) < 4.78 is 18.0. The smallest absolute Gasteiger partial charge is 0.136 e. The Morgan fingerprint density at radius 2 is 1.08 bits per heavy atom. The molecule has 72 heavy (non-hydrogen) atoms. The fraction of sp³-hybridized carbons (Fsp3) is 0.0299. The van der Waals surface area contributed by atoms with Gasteiger partial charge in [0.2, 0.25) is 0 Å². The largest absolute Gasteiger partial charge is 0.456 e. The lowest BCUT2D eigenvalue weighted by Crippen LogP contribution is -2.02. The van der Waals surface area contributed by atoms with E-state index in [9.17, 15) is 0 Å². The van der Waals surface area contributed by atoms with Crippen LogP contribution in [0.25, 0.3) is 125 Å². The Bertz CT molecular complexity index is 4620. The molecule has 0 unspecified atom stereocenters. The highest BCUT2D eigenvalue weighted by molar-refractivity contribution is 7.26. The number of fused-ring (bicyclic) bond motifs is 12. The summed E-state index contributed by atoms with van der Waals surface area (Å²) in [6, 6.07) is 78.6. The molecular weight excluding hydrogens is 897 g/mol. The number of aromatic nitrogens is 1. The average molecular weight is 939 g/mol. The lowest BCUT2D eigenvalue weighted by molar-refractivity contribution is 0.668. The van der Waals surface area contributed by atoms with E-state index in [2.05, 4.69) is 223 Å². The Morgan fingerprint density at radius 3 is 1.99 bits per heavy atom. The summed E-state index contributed by atoms with van der Waals surface area (Å²) in [4.78, 5) is 5.54. The molecular formula is C67H42N2O2S. The third-order valence-corrected chi connectivity index (χ3v) is 15.9. The highest BCUT2D eigenvalue weighted by Gasteiger charge is 2.21. The van der Waals surface area contributed by atoms with Gasteiger partial charge < -0.3 is 13.4 Å². The number of benzene rings is 10. The number of aliphatic imine (C=N–C) groups is 1. The van der Waals surface area contributed by atoms with Gasteiger partial charge in [-0.15, -0.1) is 11.3 Å². The molecule has 10 aromatic carbocycles. The van der Waals surface area contributed by atoms with E-state index in [1.807, 2.05) is 23.5 Å². The Balaban J connectivity index is 0.850. The van der Waals surface area contributed by atoms with E-state index in [1.165, 1.54) is 58.7 Å². The number of allylic oxidation sites excluding steroid dienone is 3. The Morgan fingerprint density at radius 1 is 0.417 bits per heavy atom. The molecule has 0 radical (unpaired) electrons. The van der Waals surface area contributed by atoms with Gasteiger partial charge in [-0.2, -0.15) is 0 Å². The maximum atomic E-state index is 6.65. The minimum atomic E-state index is 0.821. The number of furan rings is 2. The minimum Gasteiger partial charge on any atom is -0.456 e. The molecule has 0 amide bonds. The van der Waals surface area contributed by atoms with Crippen molar-refractivity contribution < 1.29 is 8.83 Å². The third kappa shape index (κ3) is 6.55. The monoisotopic (exact) mass is 938 g/mol. The van der Waals surface area contributed by atoms with Crippen LogP contribution in [0, 0.1) is 0 Å². The highest BCUT2D eigenvalue weighted by Crippen LogP contribution is 2.44. The van der Waals surface area contributed by atoms with Gasteiger partial charge in [0.25, 0.3) is 0 Å². The third-order valence-electron chi connectivity index (χ3n) is 14.7. The van der Waals surface area contributed by atoms with Gasteiger partial charge in [0.05, 0.1) is 22.4 Å². The van der Waals surface area contributed by atoms with Gasteiger partial charge in [-0.05, 0) is 125 Å². The van der Waals surface area contributed by atoms with Gasteiger partial charge in [-0.1, -0.05) is 152 Å². The Hall–Kier alpha value is -9.03. The summed E-state index contributed by atoms with van der Waals surface area (Å²) in [5, 5.41) is 9.46. The topological polar surface area (TPSA) is 43.6 Å². The van der Waals surface area contributed by atoms with Crippen LogP contribution in [0.1, 0.15) is 29.5 Å². The highest BCUT2D eigenvalue weighted by atomic mass is 32.1. The molecule has 0 aliphatic carbocycles. The van der Waals surface area contributed by atoms with Crippen molar-refractivity contribution in [2.45, 2.75) is 12.8 Å². The van der Waals surface area contributed by atoms with E-state index >= 15 is 0 Å². The number of thiophene rings is 1. The van der Waals surface area contributed by atoms with Crippen molar-refractivity contribution in [2.75, 3.05) is 0 Å². The number of nitrogens with zero attached hydrogens (tertiary/aromatic N) is 2. The molecule has 4 nitrogen and oxygen atoms in total. The van der Waals surface area contributed by atoms with Crippen LogP contribution in [0.4, 0.5) is 0 Å². The predicted octanol–water partition coefficient (Wildman–Crippen LogP) is 19.0. The second kappa shape index (κ2) is 16.3. The molecule has 0 atom stereocenters. The predicted molar refractivity (Wildman–Crippen MR) is 304 cm³/mol. The van der Waals surface area contributed by atoms with Crippen LogP contribution in [0.5, 0.6) is 0 Å². The maximum absolute atomic E-state index is 6.65. The van der Waals surface area contributed by atoms with E-state index in [-0.39, 0.29) is 0 Å². The lowest BCUT2D eigenvalue weighted by Gasteiger charge is -2.15. The summed E-state index contributed by atoms with van der Waals surface area (Å²) in [5.74, 6) is 0. The van der Waals surface area contributed by atoms with E-state index in [1.54, 1.807) is 0 Å². The van der Waals surface area contributed by atoms with E-state index < -0.39 is 0 Å². The molecule has 0 bridgehead atoms. The molecule has 0 spiro atoms. The van der Waals surface area contributed by atoms with Crippen LogP contribution in [-0.2, 0) is 0 Å². The summed E-state index contributed by atoms with van der Waals surface area (Å²) in [7, 11) is 0. The van der Waals surface area contributed by atoms with Crippen LogP contribution in [0.2, 0.25) is 0 Å². The molecule has 1 aliphatic rings. The van der Waals surface area contributed by atoms with Crippen molar-refractivity contribution in [1.29, 1.82) is 0 Å². The molecule has 5 heteroatoms. The molecule has 0 fully saturated rings. The van der Waals surface area contributed by atoms with E-state index in [0.717, 1.165) is 102 Å². The molecule has 0 N–H and O–H groups in total. The summed E-state index contributed by atoms with van der Waals surface area (Å²) in [6.45, 7) is 0. The zero-order chi connectivity index (χ0) is 47.3. The summed E-state index contributed by atoms with van der Waals surface area (Å²) >= 11 is 1.88. The SMILES string of the molecule is C1=C(c2cccc3oc4ccc(-c5ccc6c(c5)c5ccc(-c7cccc8c7sc7ccccc78)cc5n6-c5ccccc5)cc4c23)N=C(c2ccccc2)/C=C(/c2ccc3c(c2)oc2ccccc23)CC1. The van der Waals surface area contributed by atoms with Crippen LogP contribution in [-0.4, -0.2) is 10.3 Å². The molecule has 4 aromatic heterocycles. The van der Waals surface area contributed by atoms with Crippen LogP contribution in [0.15, 0.2) is 244 Å². The number of rotatable bonds is 6. The molecule has 1 aliphatic heterocycles. The van der Waals surface area contributed by atoms with E-state index in [4.69, 9.17) is 13.8 Å². The first-order chi connectivity index (χ1) is 35.7. The fourth-order valence-electron chi connectivity index (χ4n) is 11.3. The van der Waals surface area contributed by atoms with Gasteiger partial charge in [0.1, 0.15) is 22.3 Å². The van der Waals surface area contributed by atoms with Crippen LogP contribution in [0.3, 0.4) is 0 Å². The van der Waals surface area contributed by atoms with Crippen LogP contribution >= 0.6 is 11.3 Å². The second-order valence-electron chi connectivity index (χ2n) is 18.9. The van der Waals surface area contributed by atoms with Crippen molar-refractivity contribution in [2.24, 2.45) is 4.99 Å². The first-order valence-corrected chi connectivity index (χ1v) is 25.5. The quantitative estimate of drug-likeness (QED) is 0.167. The molecule has 15 rings (SSSR count). The number of hydrogen-bond acceptors (Lipinski definition) is 4. The van der Waals surface area contributed by atoms with Gasteiger partial charge in [-0.3, -0.25) is 0 Å². The van der Waals surface area contributed by atoms with Crippen molar-refractivity contribution in [1.82, 2.24) is 4.57 Å². The number of hydrogen-bond donors (Lipinski definition) is 0. The zero-order valence-corrected chi connectivity index (χ0v) is 39.8. The number of para-hydroxylation sites is 2. The van der Waals surface area contributed by atoms with E-state index in [0.29, 0.717) is 0 Å². The van der Waals surface area contributed by atoms with Crippen molar-refractivity contribution in [3.8, 4) is 27.9 Å². The van der Waals surface area contributed by atoms with Crippen molar-refractivity contribution in [3.05, 3.63) is 247 Å². The molecule has 5 heterocycles. The van der Waals surface area contributed by atoms with Gasteiger partial charge >= 0.3 is 0 Å². The Labute approximate surface area is 418 Å². The second-order valence-corrected chi connectivity index (χ2v) is 19.9. The summed E-state index contributed by atoms with van der Waals surface area (Å²) in [6.07, 6.45) is 6.24. The van der Waals surface area contributed by atoms with Gasteiger partial charge in [0, 0.05) is 69.3 Å². The van der Waals surface area contributed by atoms with Gasteiger partial charge in [-0.25, -0.2) is 4.99 Å². The Kier molecular flexibility index (Phi) is 9.23. The first-order valence-electron chi connectivity index (χ1n) is 24.6. The average Bonchev–Trinajstić information content (AvgIpc) is 4.20. The lowest BCUT2D eigenvalue weighted by atomic mass is 9.94. The fourth-order valence-corrected chi connectivity index (χ4v) is 12.5. The summed E-state index contributed by atoms with van der Waals surface area (Å²) in [5.41, 5.74) is 18.1.